The number of halogens is 4. The molecule has 11 nitrogen and oxygen atoms in total. The summed E-state index contributed by atoms with van der Waals surface area (Å²) in [6.45, 7) is 7.63. The van der Waals surface area contributed by atoms with Crippen LogP contribution in [0.5, 0.6) is 0 Å². The molecule has 4 aliphatic heterocycles. The van der Waals surface area contributed by atoms with Crippen LogP contribution in [-0.2, 0) is 25.4 Å². The molecule has 4 aliphatic rings. The van der Waals surface area contributed by atoms with Gasteiger partial charge >= 0.3 is 6.18 Å². The predicted molar refractivity (Wildman–Crippen MR) is 164 cm³/mol. The fourth-order valence-corrected chi connectivity index (χ4v) is 7.21. The van der Waals surface area contributed by atoms with Gasteiger partial charge in [0.25, 0.3) is 0 Å². The lowest BCUT2D eigenvalue weighted by Gasteiger charge is -2.47. The van der Waals surface area contributed by atoms with Gasteiger partial charge in [0, 0.05) is 70.9 Å². The summed E-state index contributed by atoms with van der Waals surface area (Å²) in [5.74, 6) is -3.03. The van der Waals surface area contributed by atoms with E-state index in [9.17, 15) is 32.3 Å². The van der Waals surface area contributed by atoms with Gasteiger partial charge in [0.1, 0.15) is 24.2 Å². The molecular formula is C32H35F4N7O4. The standard InChI is InChI=1S/C32H35F4N7O4/c1-4-26(44)41-17-22-16-39(9-11-42(22)28(46)18-41)8-10-40-15-20-13-27(45)43(25-14-21(32(34,35)36)12-19(2)37-25)29(20)31(47)38(3)24-7-5-6-23(33)30(24)40/h4-7,12,14,20,22,29H,1,8-11,13,15-18H2,2-3H3/t20-,22+,29+/m1/s1. The Balaban J connectivity index is 1.28. The van der Waals surface area contributed by atoms with Gasteiger partial charge in [-0.15, -0.1) is 0 Å². The van der Waals surface area contributed by atoms with Crippen LogP contribution in [0.4, 0.5) is 34.8 Å². The van der Waals surface area contributed by atoms with Gasteiger partial charge in [0.15, 0.2) is 0 Å². The molecule has 3 saturated heterocycles. The Bertz CT molecular complexity index is 1630. The van der Waals surface area contributed by atoms with Crippen LogP contribution in [0.2, 0.25) is 0 Å². The maximum Gasteiger partial charge on any atom is 0.416 e. The molecule has 0 N–H and O–H groups in total. The zero-order valence-electron chi connectivity index (χ0n) is 26.0. The van der Waals surface area contributed by atoms with Crippen LogP contribution in [-0.4, -0.2) is 115 Å². The van der Waals surface area contributed by atoms with E-state index in [1.807, 2.05) is 0 Å². The SMILES string of the molecule is C=CC(=O)N1CC(=O)N2CCN(CCN3C[C@H]4CC(=O)N(c5cc(C(F)(F)F)cc(C)n5)[C@@H]4C(=O)N(C)c4cccc(F)c43)C[C@H]2C1. The lowest BCUT2D eigenvalue weighted by molar-refractivity contribution is -0.149. The second-order valence-electron chi connectivity index (χ2n) is 12.4. The average Bonchev–Trinajstić information content (AvgIpc) is 3.35. The third kappa shape index (κ3) is 6.03. The van der Waals surface area contributed by atoms with E-state index in [-0.39, 0.29) is 60.3 Å². The molecule has 0 aliphatic carbocycles. The third-order valence-electron chi connectivity index (χ3n) is 9.44. The first kappa shape index (κ1) is 32.4. The normalized spacial score (nSPS) is 23.7. The first-order valence-corrected chi connectivity index (χ1v) is 15.4. The van der Waals surface area contributed by atoms with Gasteiger partial charge in [-0.25, -0.2) is 9.37 Å². The van der Waals surface area contributed by atoms with Crippen LogP contribution in [0, 0.1) is 18.7 Å². The minimum Gasteiger partial charge on any atom is -0.366 e. The number of carbonyl (C=O) groups is 4. The molecule has 250 valence electrons. The average molecular weight is 658 g/mol. The Hall–Kier alpha value is -4.53. The van der Waals surface area contributed by atoms with Gasteiger partial charge in [-0.1, -0.05) is 12.6 Å². The quantitative estimate of drug-likeness (QED) is 0.360. The van der Waals surface area contributed by atoms with Crippen molar-refractivity contribution in [2.75, 3.05) is 74.1 Å². The van der Waals surface area contributed by atoms with Gasteiger partial charge in [0.2, 0.25) is 23.6 Å². The van der Waals surface area contributed by atoms with Crippen molar-refractivity contribution in [3.8, 4) is 0 Å². The summed E-state index contributed by atoms with van der Waals surface area (Å²) in [7, 11) is 1.46. The number of aromatic nitrogens is 1. The van der Waals surface area contributed by atoms with Crippen molar-refractivity contribution < 1.29 is 36.7 Å². The van der Waals surface area contributed by atoms with E-state index >= 15 is 4.39 Å². The Morgan fingerprint density at radius 1 is 1.06 bits per heavy atom. The number of alkyl halides is 3. The van der Waals surface area contributed by atoms with Crippen molar-refractivity contribution in [1.29, 1.82) is 0 Å². The van der Waals surface area contributed by atoms with Crippen molar-refractivity contribution in [1.82, 2.24) is 19.7 Å². The summed E-state index contributed by atoms with van der Waals surface area (Å²) < 4.78 is 56.7. The molecule has 3 fully saturated rings. The first-order valence-electron chi connectivity index (χ1n) is 15.4. The number of anilines is 3. The summed E-state index contributed by atoms with van der Waals surface area (Å²) in [6, 6.07) is 4.64. The molecule has 2 aromatic rings. The number of benzene rings is 1. The molecular weight excluding hydrogens is 622 g/mol. The Labute approximate surface area is 269 Å². The van der Waals surface area contributed by atoms with E-state index in [0.717, 1.165) is 17.0 Å². The third-order valence-corrected chi connectivity index (χ3v) is 9.44. The number of aryl methyl sites for hydroxylation is 1. The summed E-state index contributed by atoms with van der Waals surface area (Å²) >= 11 is 0. The Kier molecular flexibility index (Phi) is 8.45. The number of fused-ring (bicyclic) bond motifs is 3. The summed E-state index contributed by atoms with van der Waals surface area (Å²) in [4.78, 5) is 66.1. The maximum absolute atomic E-state index is 15.6. The second kappa shape index (κ2) is 12.2. The number of amides is 4. The number of carbonyl (C=O) groups excluding carboxylic acids is 4. The van der Waals surface area contributed by atoms with Crippen molar-refractivity contribution in [3.63, 3.8) is 0 Å². The van der Waals surface area contributed by atoms with E-state index in [2.05, 4.69) is 16.5 Å². The lowest BCUT2D eigenvalue weighted by atomic mass is 9.95. The van der Waals surface area contributed by atoms with Crippen LogP contribution in [0.1, 0.15) is 17.7 Å². The van der Waals surface area contributed by atoms with E-state index in [1.165, 1.54) is 42.0 Å². The van der Waals surface area contributed by atoms with Crippen molar-refractivity contribution in [2.45, 2.75) is 31.6 Å². The topological polar surface area (TPSA) is 101 Å². The van der Waals surface area contributed by atoms with Crippen LogP contribution in [0.3, 0.4) is 0 Å². The molecule has 1 aromatic heterocycles. The lowest BCUT2D eigenvalue weighted by Crippen LogP contribution is -2.65. The molecule has 1 aromatic carbocycles. The van der Waals surface area contributed by atoms with Crippen molar-refractivity contribution in [2.24, 2.45) is 5.92 Å². The fourth-order valence-electron chi connectivity index (χ4n) is 7.21. The highest BCUT2D eigenvalue weighted by Gasteiger charge is 2.49. The number of hydrogen-bond acceptors (Lipinski definition) is 7. The second-order valence-corrected chi connectivity index (χ2v) is 12.4. The van der Waals surface area contributed by atoms with E-state index < -0.39 is 41.3 Å². The number of pyridine rings is 1. The molecule has 15 heteroatoms. The Morgan fingerprint density at radius 3 is 2.55 bits per heavy atom. The van der Waals surface area contributed by atoms with Crippen molar-refractivity contribution >= 4 is 40.8 Å². The molecule has 6 rings (SSSR count). The summed E-state index contributed by atoms with van der Waals surface area (Å²) in [6.07, 6.45) is -3.64. The number of piperazine rings is 2. The zero-order chi connectivity index (χ0) is 33.8. The van der Waals surface area contributed by atoms with E-state index in [1.54, 1.807) is 15.9 Å². The molecule has 0 spiro atoms. The number of rotatable bonds is 5. The van der Waals surface area contributed by atoms with Crippen LogP contribution in [0.25, 0.3) is 0 Å². The minimum atomic E-state index is -4.69. The number of likely N-dealkylation sites (N-methyl/N-ethyl adjacent to an activating group) is 1. The van der Waals surface area contributed by atoms with Gasteiger partial charge in [0.05, 0.1) is 23.0 Å². The first-order chi connectivity index (χ1) is 22.3. The predicted octanol–water partition coefficient (Wildman–Crippen LogP) is 2.29. The smallest absolute Gasteiger partial charge is 0.366 e. The molecule has 47 heavy (non-hydrogen) atoms. The molecule has 0 unspecified atom stereocenters. The van der Waals surface area contributed by atoms with E-state index in [4.69, 9.17) is 0 Å². The van der Waals surface area contributed by atoms with Gasteiger partial charge in [-0.2, -0.15) is 13.2 Å². The Morgan fingerprint density at radius 2 is 1.83 bits per heavy atom. The fraction of sp³-hybridized carbons (Fsp3) is 0.469. The van der Waals surface area contributed by atoms with E-state index in [0.29, 0.717) is 39.3 Å². The summed E-state index contributed by atoms with van der Waals surface area (Å²) in [5.41, 5.74) is -0.477. The summed E-state index contributed by atoms with van der Waals surface area (Å²) in [5, 5.41) is 0. The monoisotopic (exact) mass is 657 g/mol. The number of nitrogens with zero attached hydrogens (tertiary/aromatic N) is 7. The van der Waals surface area contributed by atoms with Crippen LogP contribution < -0.4 is 14.7 Å². The number of hydrogen-bond donors (Lipinski definition) is 0. The van der Waals surface area contributed by atoms with Crippen molar-refractivity contribution in [3.05, 3.63) is 60.1 Å². The molecule has 5 heterocycles. The van der Waals surface area contributed by atoms with Crippen LogP contribution in [0.15, 0.2) is 43.0 Å². The molecule has 4 amide bonds. The zero-order valence-corrected chi connectivity index (χ0v) is 26.0. The molecule has 0 saturated carbocycles. The molecule has 0 radical (unpaired) electrons. The van der Waals surface area contributed by atoms with Crippen LogP contribution >= 0.6 is 0 Å². The highest BCUT2D eigenvalue weighted by atomic mass is 19.4. The minimum absolute atomic E-state index is 0.00527. The maximum atomic E-state index is 15.6. The van der Waals surface area contributed by atoms with Gasteiger partial charge in [-0.3, -0.25) is 29.0 Å². The molecule has 0 bridgehead atoms. The highest BCUT2D eigenvalue weighted by Crippen LogP contribution is 2.41. The van der Waals surface area contributed by atoms with Gasteiger partial charge < -0.3 is 19.6 Å². The highest BCUT2D eigenvalue weighted by molar-refractivity contribution is 6.10. The van der Waals surface area contributed by atoms with Gasteiger partial charge in [-0.05, 0) is 37.3 Å². The largest absolute Gasteiger partial charge is 0.416 e. The molecule has 3 atom stereocenters. The number of para-hydroxylation sites is 1.